The summed E-state index contributed by atoms with van der Waals surface area (Å²) in [4.78, 5) is 1.66. The molecule has 1 aliphatic rings. The normalized spacial score (nSPS) is 21.1. The smallest absolute Gasteiger partial charge is 0.171 e. The van der Waals surface area contributed by atoms with Gasteiger partial charge in [-0.05, 0) is 12.2 Å². The first-order chi connectivity index (χ1) is 6.68. The van der Waals surface area contributed by atoms with Crippen LogP contribution in [0.2, 0.25) is 0 Å². The molecule has 3 N–H and O–H groups in total. The summed E-state index contributed by atoms with van der Waals surface area (Å²) < 4.78 is 1.67. The molecule has 1 aromatic heterocycles. The van der Waals surface area contributed by atoms with E-state index in [0.29, 0.717) is 5.70 Å². The standard InChI is InChI=1S/C9H12N4O/c1-12-6-7(5-11-12)13-4-2-3-8(10)9(13)14/h2-6,9,14H,10H2,1H3. The van der Waals surface area contributed by atoms with Gasteiger partial charge in [-0.1, -0.05) is 0 Å². The van der Waals surface area contributed by atoms with Crippen molar-refractivity contribution in [2.75, 3.05) is 4.90 Å². The fourth-order valence-electron chi connectivity index (χ4n) is 1.34. The number of hydrogen-bond donors (Lipinski definition) is 2. The molecule has 1 aliphatic heterocycles. The fraction of sp³-hybridized carbons (Fsp3) is 0.222. The summed E-state index contributed by atoms with van der Waals surface area (Å²) >= 11 is 0. The second kappa shape index (κ2) is 3.19. The van der Waals surface area contributed by atoms with Gasteiger partial charge in [0.1, 0.15) is 0 Å². The summed E-state index contributed by atoms with van der Waals surface area (Å²) in [5.41, 5.74) is 6.84. The largest absolute Gasteiger partial charge is 0.398 e. The average molecular weight is 192 g/mol. The number of aromatic nitrogens is 2. The summed E-state index contributed by atoms with van der Waals surface area (Å²) in [6.07, 6.45) is 7.91. The van der Waals surface area contributed by atoms with Gasteiger partial charge in [0.05, 0.1) is 17.6 Å². The molecule has 5 heteroatoms. The Kier molecular flexibility index (Phi) is 2.01. The highest BCUT2D eigenvalue weighted by Gasteiger charge is 2.19. The van der Waals surface area contributed by atoms with Gasteiger partial charge < -0.3 is 15.7 Å². The number of nitrogens with zero attached hydrogens (tertiary/aromatic N) is 3. The molecule has 1 atom stereocenters. The Morgan fingerprint density at radius 3 is 3.00 bits per heavy atom. The van der Waals surface area contributed by atoms with Gasteiger partial charge >= 0.3 is 0 Å². The SMILES string of the molecule is Cn1cc(N2C=CC=C(N)C2O)cn1. The molecule has 14 heavy (non-hydrogen) atoms. The molecule has 1 unspecified atom stereocenters. The van der Waals surface area contributed by atoms with Gasteiger partial charge in [0.2, 0.25) is 0 Å². The van der Waals surface area contributed by atoms with Crippen molar-refractivity contribution in [1.29, 1.82) is 0 Å². The molecule has 0 saturated heterocycles. The van der Waals surface area contributed by atoms with Crippen LogP contribution >= 0.6 is 0 Å². The third-order valence-corrected chi connectivity index (χ3v) is 2.09. The lowest BCUT2D eigenvalue weighted by atomic mass is 10.2. The second-order valence-electron chi connectivity index (χ2n) is 3.16. The second-order valence-corrected chi connectivity index (χ2v) is 3.16. The highest BCUT2D eigenvalue weighted by Crippen LogP contribution is 2.20. The van der Waals surface area contributed by atoms with Crippen molar-refractivity contribution in [3.8, 4) is 0 Å². The van der Waals surface area contributed by atoms with E-state index >= 15 is 0 Å². The molecule has 0 bridgehead atoms. The molecular formula is C9H12N4O. The Labute approximate surface area is 81.7 Å². The lowest BCUT2D eigenvalue weighted by Gasteiger charge is -2.27. The lowest BCUT2D eigenvalue weighted by Crippen LogP contribution is -2.36. The van der Waals surface area contributed by atoms with E-state index in [4.69, 9.17) is 5.73 Å². The van der Waals surface area contributed by atoms with Gasteiger partial charge in [-0.15, -0.1) is 0 Å². The number of aliphatic hydroxyl groups excluding tert-OH is 1. The number of rotatable bonds is 1. The minimum atomic E-state index is -0.802. The molecule has 2 heterocycles. The number of anilines is 1. The minimum absolute atomic E-state index is 0.427. The third kappa shape index (κ3) is 1.38. The summed E-state index contributed by atoms with van der Waals surface area (Å²) in [6.45, 7) is 0. The zero-order chi connectivity index (χ0) is 10.1. The first-order valence-electron chi connectivity index (χ1n) is 4.27. The molecule has 0 spiro atoms. The van der Waals surface area contributed by atoms with Crippen molar-refractivity contribution in [2.45, 2.75) is 6.23 Å². The van der Waals surface area contributed by atoms with Gasteiger partial charge in [-0.25, -0.2) is 0 Å². The van der Waals surface area contributed by atoms with Crippen LogP contribution in [0.5, 0.6) is 0 Å². The van der Waals surface area contributed by atoms with Gasteiger partial charge in [-0.2, -0.15) is 5.10 Å². The zero-order valence-corrected chi connectivity index (χ0v) is 7.83. The van der Waals surface area contributed by atoms with E-state index in [-0.39, 0.29) is 0 Å². The van der Waals surface area contributed by atoms with E-state index in [0.717, 1.165) is 5.69 Å². The zero-order valence-electron chi connectivity index (χ0n) is 7.83. The molecule has 0 amide bonds. The topological polar surface area (TPSA) is 67.3 Å². The molecule has 0 aromatic carbocycles. The maximum absolute atomic E-state index is 9.74. The van der Waals surface area contributed by atoms with Crippen molar-refractivity contribution in [3.63, 3.8) is 0 Å². The Balaban J connectivity index is 2.28. The first-order valence-corrected chi connectivity index (χ1v) is 4.27. The van der Waals surface area contributed by atoms with Crippen LogP contribution in [-0.2, 0) is 7.05 Å². The van der Waals surface area contributed by atoms with Crippen LogP contribution in [0.3, 0.4) is 0 Å². The molecule has 2 rings (SSSR count). The van der Waals surface area contributed by atoms with Crippen molar-refractivity contribution in [2.24, 2.45) is 12.8 Å². The van der Waals surface area contributed by atoms with Crippen molar-refractivity contribution >= 4 is 5.69 Å². The van der Waals surface area contributed by atoms with Crippen LogP contribution in [0.1, 0.15) is 0 Å². The lowest BCUT2D eigenvalue weighted by molar-refractivity contribution is 0.212. The molecule has 1 aromatic rings. The summed E-state index contributed by atoms with van der Waals surface area (Å²) in [7, 11) is 1.82. The monoisotopic (exact) mass is 192 g/mol. The van der Waals surface area contributed by atoms with E-state index in [2.05, 4.69) is 5.10 Å². The number of hydrogen-bond acceptors (Lipinski definition) is 4. The van der Waals surface area contributed by atoms with Crippen molar-refractivity contribution < 1.29 is 5.11 Å². The number of aliphatic hydroxyl groups is 1. The Morgan fingerprint density at radius 2 is 2.36 bits per heavy atom. The highest BCUT2D eigenvalue weighted by molar-refractivity contribution is 5.50. The average Bonchev–Trinajstić information content (AvgIpc) is 2.57. The van der Waals surface area contributed by atoms with Gasteiger partial charge in [0.25, 0.3) is 0 Å². The van der Waals surface area contributed by atoms with Crippen molar-refractivity contribution in [1.82, 2.24) is 9.78 Å². The predicted molar refractivity (Wildman–Crippen MR) is 53.1 cm³/mol. The highest BCUT2D eigenvalue weighted by atomic mass is 16.3. The molecule has 74 valence electrons. The summed E-state index contributed by atoms with van der Waals surface area (Å²) in [6, 6.07) is 0. The maximum Gasteiger partial charge on any atom is 0.171 e. The number of nitrogens with two attached hydrogens (primary N) is 1. The third-order valence-electron chi connectivity index (χ3n) is 2.09. The van der Waals surface area contributed by atoms with Gasteiger partial charge in [0, 0.05) is 19.4 Å². The van der Waals surface area contributed by atoms with Gasteiger partial charge in [-0.3, -0.25) is 4.68 Å². The van der Waals surface area contributed by atoms with Crippen molar-refractivity contribution in [3.05, 3.63) is 36.4 Å². The summed E-state index contributed by atoms with van der Waals surface area (Å²) in [5.74, 6) is 0. The number of allylic oxidation sites excluding steroid dienone is 2. The molecule has 0 fully saturated rings. The molecule has 0 radical (unpaired) electrons. The fourth-order valence-corrected chi connectivity index (χ4v) is 1.34. The van der Waals surface area contributed by atoms with E-state index < -0.39 is 6.23 Å². The van der Waals surface area contributed by atoms with Crippen LogP contribution < -0.4 is 10.6 Å². The Hall–Kier alpha value is -1.75. The van der Waals surface area contributed by atoms with Crippen LogP contribution in [0.4, 0.5) is 5.69 Å². The van der Waals surface area contributed by atoms with Gasteiger partial charge in [0.15, 0.2) is 6.23 Å². The van der Waals surface area contributed by atoms with Crippen LogP contribution in [0, 0.1) is 0 Å². The van der Waals surface area contributed by atoms with E-state index in [1.54, 1.807) is 34.1 Å². The Morgan fingerprint density at radius 1 is 1.57 bits per heavy atom. The molecule has 0 saturated carbocycles. The summed E-state index contributed by atoms with van der Waals surface area (Å²) in [5, 5.41) is 13.8. The van der Waals surface area contributed by atoms with E-state index in [9.17, 15) is 5.11 Å². The molecule has 5 nitrogen and oxygen atoms in total. The quantitative estimate of drug-likeness (QED) is 0.652. The predicted octanol–water partition coefficient (Wildman–Crippen LogP) is -0.0852. The molecular weight excluding hydrogens is 180 g/mol. The minimum Gasteiger partial charge on any atom is -0.398 e. The molecule has 0 aliphatic carbocycles. The number of aryl methyl sites for hydroxylation is 1. The van der Waals surface area contributed by atoms with Crippen LogP contribution in [0.25, 0.3) is 0 Å². The maximum atomic E-state index is 9.74. The van der Waals surface area contributed by atoms with Crippen LogP contribution in [-0.4, -0.2) is 21.1 Å². The van der Waals surface area contributed by atoms with E-state index in [1.165, 1.54) is 0 Å². The van der Waals surface area contributed by atoms with E-state index in [1.807, 2.05) is 13.2 Å². The Bertz CT molecular complexity index is 393. The first kappa shape index (κ1) is 8.83. The van der Waals surface area contributed by atoms with Crippen LogP contribution in [0.15, 0.2) is 36.4 Å².